The number of thiol groups is 1. The predicted octanol–water partition coefficient (Wildman–Crippen LogP) is 5.41. The molecule has 4 aliphatic carbocycles. The smallest absolute Gasteiger partial charge is 0.345 e. The molecule has 34 heavy (non-hydrogen) atoms. The molecule has 4 saturated carbocycles. The number of aliphatic carboxylic acids is 1. The monoisotopic (exact) mass is 501 g/mol. The molecule has 7 heteroatoms. The molecule has 2 aromatic rings. The number of thioether (sulfide) groups is 1. The number of benzene rings is 2. The minimum absolute atomic E-state index is 0.161. The van der Waals surface area contributed by atoms with Gasteiger partial charge in [0.2, 0.25) is 6.10 Å². The lowest BCUT2D eigenvalue weighted by molar-refractivity contribution is -0.164. The van der Waals surface area contributed by atoms with Crippen LogP contribution in [0.15, 0.2) is 47.4 Å². The highest BCUT2D eigenvalue weighted by Gasteiger charge is 2.48. The molecule has 0 aromatic heterocycles. The summed E-state index contributed by atoms with van der Waals surface area (Å²) in [7, 11) is 0. The van der Waals surface area contributed by atoms with Crippen molar-refractivity contribution in [1.82, 2.24) is 0 Å². The van der Waals surface area contributed by atoms with E-state index >= 15 is 0 Å². The molecular formula is C27H35NO4S2. The molecule has 0 unspecified atom stereocenters. The van der Waals surface area contributed by atoms with Crippen molar-refractivity contribution in [2.24, 2.45) is 29.4 Å². The lowest BCUT2D eigenvalue weighted by Crippen LogP contribution is -2.55. The molecule has 0 spiro atoms. The number of hydrogen-bond donors (Lipinski definition) is 3. The van der Waals surface area contributed by atoms with E-state index in [2.05, 4.69) is 12.6 Å². The third kappa shape index (κ3) is 6.10. The first-order valence-corrected chi connectivity index (χ1v) is 13.8. The second-order valence-electron chi connectivity index (χ2n) is 10.4. The SMILES string of the molecule is C[C@H](CS)C(=O)O[C@@H](CSc1cccc2ccccc12)C(=O)O.NC12CC3CC(CC(C3)C1)C2. The van der Waals surface area contributed by atoms with Crippen LogP contribution in [-0.4, -0.2) is 40.2 Å². The standard InChI is InChI=1S/C17H18O4S2.C10H17N/c1-11(9-22)17(20)21-14(16(18)19)10-23-15-8-4-6-12-5-2-3-7-13(12)15;11-10-4-7-1-8(5-10)3-9(2-7)6-10/h2-8,11,14,22H,9-10H2,1H3,(H,18,19);7-9H,1-6,11H2/t11-,14+;/m1./s1. The first kappa shape index (κ1) is 25.4. The van der Waals surface area contributed by atoms with E-state index in [4.69, 9.17) is 10.5 Å². The second kappa shape index (κ2) is 10.9. The Bertz CT molecular complexity index is 986. The molecule has 4 bridgehead atoms. The Morgan fingerprint density at radius 2 is 1.68 bits per heavy atom. The van der Waals surface area contributed by atoms with Crippen molar-refractivity contribution in [2.45, 2.75) is 62.0 Å². The van der Waals surface area contributed by atoms with Crippen LogP contribution in [0.1, 0.15) is 45.4 Å². The van der Waals surface area contributed by atoms with Crippen LogP contribution >= 0.6 is 24.4 Å². The third-order valence-corrected chi connectivity index (χ3v) is 9.12. The Balaban J connectivity index is 0.000000203. The number of ether oxygens (including phenoxy) is 1. The number of fused-ring (bicyclic) bond motifs is 1. The normalized spacial score (nSPS) is 28.6. The van der Waals surface area contributed by atoms with Gasteiger partial charge in [-0.25, -0.2) is 4.79 Å². The van der Waals surface area contributed by atoms with Crippen LogP contribution in [0, 0.1) is 23.7 Å². The summed E-state index contributed by atoms with van der Waals surface area (Å²) < 4.78 is 5.09. The van der Waals surface area contributed by atoms with Gasteiger partial charge in [-0.15, -0.1) is 11.8 Å². The number of rotatable bonds is 7. The summed E-state index contributed by atoms with van der Waals surface area (Å²) in [6.45, 7) is 1.66. The highest BCUT2D eigenvalue weighted by molar-refractivity contribution is 7.99. The van der Waals surface area contributed by atoms with Crippen molar-refractivity contribution in [2.75, 3.05) is 11.5 Å². The fraction of sp³-hybridized carbons (Fsp3) is 0.556. The number of esters is 1. The summed E-state index contributed by atoms with van der Waals surface area (Å²) in [4.78, 5) is 24.1. The first-order chi connectivity index (χ1) is 16.3. The maximum absolute atomic E-state index is 11.8. The summed E-state index contributed by atoms with van der Waals surface area (Å²) >= 11 is 5.40. The van der Waals surface area contributed by atoms with E-state index in [1.54, 1.807) is 6.92 Å². The van der Waals surface area contributed by atoms with Crippen LogP contribution in [0.3, 0.4) is 0 Å². The van der Waals surface area contributed by atoms with Crippen LogP contribution in [0.2, 0.25) is 0 Å². The number of carboxylic acid groups (broad SMARTS) is 1. The largest absolute Gasteiger partial charge is 0.478 e. The van der Waals surface area contributed by atoms with Gasteiger partial charge in [0.25, 0.3) is 0 Å². The number of carbonyl (C=O) groups excluding carboxylic acids is 1. The van der Waals surface area contributed by atoms with Gasteiger partial charge in [0.05, 0.1) is 5.92 Å². The van der Waals surface area contributed by atoms with Gasteiger partial charge in [0, 0.05) is 21.9 Å². The maximum Gasteiger partial charge on any atom is 0.345 e. The van der Waals surface area contributed by atoms with Crippen LogP contribution in [-0.2, 0) is 14.3 Å². The van der Waals surface area contributed by atoms with E-state index in [0.29, 0.717) is 11.3 Å². The Morgan fingerprint density at radius 3 is 2.24 bits per heavy atom. The molecule has 0 amide bonds. The third-order valence-electron chi connectivity index (χ3n) is 7.44. The zero-order valence-electron chi connectivity index (χ0n) is 19.7. The summed E-state index contributed by atoms with van der Waals surface area (Å²) in [6, 6.07) is 13.7. The topological polar surface area (TPSA) is 89.6 Å². The van der Waals surface area contributed by atoms with Gasteiger partial charge in [0.15, 0.2) is 0 Å². The molecule has 2 aromatic carbocycles. The number of carboxylic acids is 1. The average Bonchev–Trinajstić information content (AvgIpc) is 2.79. The summed E-state index contributed by atoms with van der Waals surface area (Å²) in [5.74, 6) is 1.44. The lowest BCUT2D eigenvalue weighted by atomic mass is 9.53. The molecular weight excluding hydrogens is 466 g/mol. The van der Waals surface area contributed by atoms with E-state index in [0.717, 1.165) is 33.4 Å². The fourth-order valence-corrected chi connectivity index (χ4v) is 7.36. The van der Waals surface area contributed by atoms with Gasteiger partial charge in [-0.1, -0.05) is 43.3 Å². The van der Waals surface area contributed by atoms with Gasteiger partial charge in [0.1, 0.15) is 0 Å². The van der Waals surface area contributed by atoms with Crippen LogP contribution < -0.4 is 5.73 Å². The molecule has 3 N–H and O–H groups in total. The van der Waals surface area contributed by atoms with Crippen LogP contribution in [0.25, 0.3) is 10.8 Å². The molecule has 5 nitrogen and oxygen atoms in total. The van der Waals surface area contributed by atoms with Crippen molar-refractivity contribution in [1.29, 1.82) is 0 Å². The Morgan fingerprint density at radius 1 is 1.09 bits per heavy atom. The van der Waals surface area contributed by atoms with Crippen molar-refractivity contribution in [3.63, 3.8) is 0 Å². The Hall–Kier alpha value is -1.70. The summed E-state index contributed by atoms with van der Waals surface area (Å²) in [5.41, 5.74) is 6.62. The van der Waals surface area contributed by atoms with Crippen LogP contribution in [0.4, 0.5) is 0 Å². The minimum Gasteiger partial charge on any atom is -0.478 e. The zero-order chi connectivity index (χ0) is 24.3. The molecule has 184 valence electrons. The molecule has 0 saturated heterocycles. The molecule has 0 aliphatic heterocycles. The number of nitrogens with two attached hydrogens (primary N) is 1. The average molecular weight is 502 g/mol. The molecule has 0 heterocycles. The molecule has 4 fully saturated rings. The molecule has 2 atom stereocenters. The first-order valence-electron chi connectivity index (χ1n) is 12.2. The van der Waals surface area contributed by atoms with E-state index in [-0.39, 0.29) is 5.75 Å². The van der Waals surface area contributed by atoms with Gasteiger partial charge in [-0.3, -0.25) is 4.79 Å². The van der Waals surface area contributed by atoms with Crippen molar-refractivity contribution >= 4 is 47.1 Å². The highest BCUT2D eigenvalue weighted by atomic mass is 32.2. The van der Waals surface area contributed by atoms with Gasteiger partial charge in [-0.2, -0.15) is 12.6 Å². The van der Waals surface area contributed by atoms with Crippen molar-refractivity contribution in [3.05, 3.63) is 42.5 Å². The van der Waals surface area contributed by atoms with E-state index in [1.165, 1.54) is 50.3 Å². The maximum atomic E-state index is 11.8. The van der Waals surface area contributed by atoms with Gasteiger partial charge in [-0.05, 0) is 73.1 Å². The van der Waals surface area contributed by atoms with E-state index in [9.17, 15) is 14.7 Å². The van der Waals surface area contributed by atoms with Crippen LogP contribution in [0.5, 0.6) is 0 Å². The number of hydrogen-bond acceptors (Lipinski definition) is 6. The predicted molar refractivity (Wildman–Crippen MR) is 140 cm³/mol. The summed E-state index contributed by atoms with van der Waals surface area (Å²) in [6.07, 6.45) is 7.40. The second-order valence-corrected chi connectivity index (χ2v) is 11.8. The quantitative estimate of drug-likeness (QED) is 0.267. The van der Waals surface area contributed by atoms with E-state index < -0.39 is 24.0 Å². The van der Waals surface area contributed by atoms with E-state index in [1.807, 2.05) is 42.5 Å². The van der Waals surface area contributed by atoms with Gasteiger partial charge < -0.3 is 15.6 Å². The highest BCUT2D eigenvalue weighted by Crippen LogP contribution is 2.54. The summed E-state index contributed by atoms with van der Waals surface area (Å²) in [5, 5.41) is 11.4. The fourth-order valence-electron chi connectivity index (χ4n) is 6.15. The minimum atomic E-state index is -1.17. The van der Waals surface area contributed by atoms with Crippen molar-refractivity contribution in [3.8, 4) is 0 Å². The van der Waals surface area contributed by atoms with Gasteiger partial charge >= 0.3 is 11.9 Å². The lowest BCUT2D eigenvalue weighted by Gasteiger charge is -2.55. The Kier molecular flexibility index (Phi) is 8.16. The zero-order valence-corrected chi connectivity index (χ0v) is 21.4. The molecule has 0 radical (unpaired) electrons. The Labute approximate surface area is 211 Å². The molecule has 4 aliphatic rings. The number of carbonyl (C=O) groups is 2. The molecule has 6 rings (SSSR count). The van der Waals surface area contributed by atoms with Crippen molar-refractivity contribution < 1.29 is 19.4 Å².